The van der Waals surface area contributed by atoms with Gasteiger partial charge in [0, 0.05) is 25.6 Å². The van der Waals surface area contributed by atoms with Gasteiger partial charge in [-0.05, 0) is 25.3 Å². The first kappa shape index (κ1) is 16.5. The molecule has 0 heterocycles. The second-order valence-electron chi connectivity index (χ2n) is 4.96. The van der Waals surface area contributed by atoms with Crippen molar-refractivity contribution in [3.05, 3.63) is 35.9 Å². The van der Waals surface area contributed by atoms with Crippen molar-refractivity contribution in [3.8, 4) is 0 Å². The fourth-order valence-corrected chi connectivity index (χ4v) is 1.91. The molecule has 0 saturated carbocycles. The Morgan fingerprint density at radius 2 is 2.00 bits per heavy atom. The molecule has 0 saturated heterocycles. The van der Waals surface area contributed by atoms with Crippen LogP contribution in [0.1, 0.15) is 25.3 Å². The summed E-state index contributed by atoms with van der Waals surface area (Å²) in [6.07, 6.45) is 1.31. The van der Waals surface area contributed by atoms with Gasteiger partial charge in [-0.25, -0.2) is 4.79 Å². The van der Waals surface area contributed by atoms with Gasteiger partial charge in [0.25, 0.3) is 0 Å². The maximum atomic E-state index is 11.6. The highest BCUT2D eigenvalue weighted by Crippen LogP contribution is 2.02. The third-order valence-corrected chi connectivity index (χ3v) is 2.99. The van der Waals surface area contributed by atoms with Gasteiger partial charge in [0.05, 0.1) is 6.10 Å². The molecule has 0 aromatic heterocycles. The summed E-state index contributed by atoms with van der Waals surface area (Å²) in [7, 11) is 0. The molecule has 5 heteroatoms. The van der Waals surface area contributed by atoms with Crippen LogP contribution < -0.4 is 10.6 Å². The molecule has 112 valence electrons. The second kappa shape index (κ2) is 9.34. The van der Waals surface area contributed by atoms with Crippen LogP contribution in [0.3, 0.4) is 0 Å². The zero-order chi connectivity index (χ0) is 14.8. The van der Waals surface area contributed by atoms with Crippen molar-refractivity contribution in [3.63, 3.8) is 0 Å². The van der Waals surface area contributed by atoms with Crippen LogP contribution in [-0.2, 0) is 6.42 Å². The topological polar surface area (TPSA) is 81.6 Å². The summed E-state index contributed by atoms with van der Waals surface area (Å²) < 4.78 is 0. The van der Waals surface area contributed by atoms with Gasteiger partial charge in [-0.2, -0.15) is 0 Å². The van der Waals surface area contributed by atoms with Crippen molar-refractivity contribution >= 4 is 6.03 Å². The number of aliphatic hydroxyl groups excluding tert-OH is 2. The lowest BCUT2D eigenvalue weighted by Crippen LogP contribution is -2.43. The van der Waals surface area contributed by atoms with E-state index in [9.17, 15) is 9.90 Å². The monoisotopic (exact) mass is 280 g/mol. The number of carbonyl (C=O) groups is 1. The predicted molar refractivity (Wildman–Crippen MR) is 78.5 cm³/mol. The molecular weight excluding hydrogens is 256 g/mol. The van der Waals surface area contributed by atoms with Crippen molar-refractivity contribution in [1.29, 1.82) is 0 Å². The lowest BCUT2D eigenvalue weighted by Gasteiger charge is -2.16. The lowest BCUT2D eigenvalue weighted by atomic mass is 10.1. The van der Waals surface area contributed by atoms with E-state index in [1.807, 2.05) is 37.3 Å². The Morgan fingerprint density at radius 1 is 1.30 bits per heavy atom. The van der Waals surface area contributed by atoms with E-state index in [0.717, 1.165) is 12.0 Å². The molecule has 0 aliphatic heterocycles. The minimum Gasteiger partial charge on any atom is -0.396 e. The fraction of sp³-hybridized carbons (Fsp3) is 0.533. The summed E-state index contributed by atoms with van der Waals surface area (Å²) in [6.45, 7) is 2.23. The van der Waals surface area contributed by atoms with Gasteiger partial charge in [-0.1, -0.05) is 30.3 Å². The Labute approximate surface area is 120 Å². The number of urea groups is 1. The number of hydrogen-bond donors (Lipinski definition) is 4. The normalized spacial score (nSPS) is 13.6. The molecular formula is C15H24N2O3. The van der Waals surface area contributed by atoms with E-state index in [-0.39, 0.29) is 25.2 Å². The van der Waals surface area contributed by atoms with Gasteiger partial charge in [0.15, 0.2) is 0 Å². The predicted octanol–water partition coefficient (Wildman–Crippen LogP) is 1.05. The van der Waals surface area contributed by atoms with Crippen molar-refractivity contribution in [2.75, 3.05) is 13.2 Å². The van der Waals surface area contributed by atoms with Crippen LogP contribution in [0.25, 0.3) is 0 Å². The highest BCUT2D eigenvalue weighted by molar-refractivity contribution is 5.74. The first-order valence-electron chi connectivity index (χ1n) is 6.99. The summed E-state index contributed by atoms with van der Waals surface area (Å²) in [4.78, 5) is 11.6. The third kappa shape index (κ3) is 7.11. The van der Waals surface area contributed by atoms with Crippen LogP contribution in [0.5, 0.6) is 0 Å². The molecule has 0 radical (unpaired) electrons. The second-order valence-corrected chi connectivity index (χ2v) is 4.96. The van der Waals surface area contributed by atoms with Crippen LogP contribution in [-0.4, -0.2) is 41.5 Å². The number of hydrogen-bond acceptors (Lipinski definition) is 3. The average Bonchev–Trinajstić information content (AvgIpc) is 2.44. The van der Waals surface area contributed by atoms with Crippen LogP contribution in [0.15, 0.2) is 30.3 Å². The SMILES string of the molecule is CC(CCCO)NC(=O)NCC(O)Cc1ccccc1. The van der Waals surface area contributed by atoms with Crippen LogP contribution in [0.2, 0.25) is 0 Å². The van der Waals surface area contributed by atoms with Crippen molar-refractivity contribution in [2.45, 2.75) is 38.3 Å². The molecule has 0 fully saturated rings. The molecule has 20 heavy (non-hydrogen) atoms. The van der Waals surface area contributed by atoms with Crippen molar-refractivity contribution < 1.29 is 15.0 Å². The van der Waals surface area contributed by atoms with Crippen LogP contribution in [0.4, 0.5) is 4.79 Å². The van der Waals surface area contributed by atoms with E-state index in [4.69, 9.17) is 5.11 Å². The molecule has 4 N–H and O–H groups in total. The smallest absolute Gasteiger partial charge is 0.315 e. The molecule has 0 bridgehead atoms. The van der Waals surface area contributed by atoms with Crippen LogP contribution >= 0.6 is 0 Å². The van der Waals surface area contributed by atoms with Crippen LogP contribution in [0, 0.1) is 0 Å². The van der Waals surface area contributed by atoms with Gasteiger partial charge < -0.3 is 20.8 Å². The zero-order valence-corrected chi connectivity index (χ0v) is 11.9. The Morgan fingerprint density at radius 3 is 2.65 bits per heavy atom. The first-order valence-corrected chi connectivity index (χ1v) is 6.99. The van der Waals surface area contributed by atoms with E-state index in [2.05, 4.69) is 10.6 Å². The molecule has 0 aliphatic rings. The molecule has 2 atom stereocenters. The van der Waals surface area contributed by atoms with Gasteiger partial charge in [0.2, 0.25) is 0 Å². The molecule has 5 nitrogen and oxygen atoms in total. The highest BCUT2D eigenvalue weighted by atomic mass is 16.3. The van der Waals surface area contributed by atoms with Gasteiger partial charge >= 0.3 is 6.03 Å². The van der Waals surface area contributed by atoms with Gasteiger partial charge in [0.1, 0.15) is 0 Å². The van der Waals surface area contributed by atoms with E-state index in [1.165, 1.54) is 0 Å². The quantitative estimate of drug-likeness (QED) is 0.574. The van der Waals surface area contributed by atoms with Gasteiger partial charge in [-0.3, -0.25) is 0 Å². The Hall–Kier alpha value is -1.59. The zero-order valence-electron chi connectivity index (χ0n) is 11.9. The fourth-order valence-electron chi connectivity index (χ4n) is 1.91. The Bertz CT molecular complexity index is 384. The molecule has 2 unspecified atom stereocenters. The number of nitrogens with one attached hydrogen (secondary N) is 2. The Balaban J connectivity index is 2.20. The van der Waals surface area contributed by atoms with E-state index in [1.54, 1.807) is 0 Å². The van der Waals surface area contributed by atoms with Crippen molar-refractivity contribution in [2.24, 2.45) is 0 Å². The number of benzene rings is 1. The maximum absolute atomic E-state index is 11.6. The summed E-state index contributed by atoms with van der Waals surface area (Å²) >= 11 is 0. The van der Waals surface area contributed by atoms with E-state index < -0.39 is 6.10 Å². The minimum absolute atomic E-state index is 0.00779. The third-order valence-electron chi connectivity index (χ3n) is 2.99. The van der Waals surface area contributed by atoms with E-state index >= 15 is 0 Å². The number of rotatable bonds is 8. The number of amides is 2. The largest absolute Gasteiger partial charge is 0.396 e. The summed E-state index contributed by atoms with van der Waals surface area (Å²) in [5.74, 6) is 0. The standard InChI is InChI=1S/C15H24N2O3/c1-12(6-5-9-18)17-15(20)16-11-14(19)10-13-7-3-2-4-8-13/h2-4,7-8,12,14,18-19H,5-6,9-11H2,1H3,(H2,16,17,20). The first-order chi connectivity index (χ1) is 9.61. The number of carbonyl (C=O) groups excluding carboxylic acids is 1. The summed E-state index contributed by atoms with van der Waals surface area (Å²) in [5, 5.41) is 24.0. The summed E-state index contributed by atoms with van der Waals surface area (Å²) in [6, 6.07) is 9.38. The molecule has 1 rings (SSSR count). The molecule has 0 spiro atoms. The number of aliphatic hydroxyl groups is 2. The minimum atomic E-state index is -0.601. The highest BCUT2D eigenvalue weighted by Gasteiger charge is 2.09. The lowest BCUT2D eigenvalue weighted by molar-refractivity contribution is 0.170. The maximum Gasteiger partial charge on any atom is 0.315 e. The van der Waals surface area contributed by atoms with Crippen molar-refractivity contribution in [1.82, 2.24) is 10.6 Å². The average molecular weight is 280 g/mol. The molecule has 2 amide bonds. The molecule has 0 aliphatic carbocycles. The van der Waals surface area contributed by atoms with Gasteiger partial charge in [-0.15, -0.1) is 0 Å². The molecule has 1 aromatic rings. The Kier molecular flexibility index (Phi) is 7.69. The molecule has 1 aromatic carbocycles. The van der Waals surface area contributed by atoms with E-state index in [0.29, 0.717) is 12.8 Å². The summed E-state index contributed by atoms with van der Waals surface area (Å²) in [5.41, 5.74) is 1.04.